The maximum Gasteiger partial charge on any atom is 0.307 e. The second kappa shape index (κ2) is 5.97. The molecule has 0 aromatic heterocycles. The lowest BCUT2D eigenvalue weighted by Gasteiger charge is -2.14. The number of carboxylic acid groups (broad SMARTS) is 1. The molecular formula is C8H17NO3. The number of aliphatic carboxylic acids is 1. The van der Waals surface area contributed by atoms with Crippen LogP contribution in [0.4, 0.5) is 0 Å². The first-order valence-electron chi connectivity index (χ1n) is 4.03. The van der Waals surface area contributed by atoms with Crippen molar-refractivity contribution in [1.82, 2.24) is 0 Å². The predicted octanol–water partition coefficient (Wildman–Crippen LogP) is 0.319. The van der Waals surface area contributed by atoms with Gasteiger partial charge in [-0.2, -0.15) is 0 Å². The summed E-state index contributed by atoms with van der Waals surface area (Å²) in [5.74, 6) is -1.00. The van der Waals surface area contributed by atoms with E-state index in [1.807, 2.05) is 6.92 Å². The van der Waals surface area contributed by atoms with Gasteiger partial charge in [0.25, 0.3) is 0 Å². The van der Waals surface area contributed by atoms with E-state index in [0.717, 1.165) is 0 Å². The summed E-state index contributed by atoms with van der Waals surface area (Å²) in [5, 5.41) is 8.67. The van der Waals surface area contributed by atoms with Crippen LogP contribution in [0.2, 0.25) is 0 Å². The second-order valence-electron chi connectivity index (χ2n) is 3.07. The maximum atomic E-state index is 10.5. The first kappa shape index (κ1) is 11.4. The molecule has 0 spiro atoms. The zero-order valence-electron chi connectivity index (χ0n) is 7.62. The number of methoxy groups -OCH3 is 1. The molecule has 0 aliphatic carbocycles. The fourth-order valence-electron chi connectivity index (χ4n) is 1.14. The lowest BCUT2D eigenvalue weighted by molar-refractivity contribution is -0.142. The van der Waals surface area contributed by atoms with Gasteiger partial charge in [-0.1, -0.05) is 6.92 Å². The standard InChI is InChI=1S/C8H17NO3/c1-6(5-12-2)3-7(4-9)8(10)11/h6-7H,3-5,9H2,1-2H3,(H,10,11)/t6-,7+/m1/s1. The third-order valence-electron chi connectivity index (χ3n) is 1.77. The Morgan fingerprint density at radius 1 is 1.67 bits per heavy atom. The summed E-state index contributed by atoms with van der Waals surface area (Å²) >= 11 is 0. The molecule has 4 nitrogen and oxygen atoms in total. The van der Waals surface area contributed by atoms with Crippen LogP contribution < -0.4 is 5.73 Å². The van der Waals surface area contributed by atoms with Gasteiger partial charge in [-0.25, -0.2) is 0 Å². The minimum Gasteiger partial charge on any atom is -0.481 e. The average Bonchev–Trinajstić information content (AvgIpc) is 2.00. The van der Waals surface area contributed by atoms with Crippen LogP contribution in [0.25, 0.3) is 0 Å². The smallest absolute Gasteiger partial charge is 0.307 e. The van der Waals surface area contributed by atoms with Gasteiger partial charge in [0.05, 0.1) is 5.92 Å². The van der Waals surface area contributed by atoms with Crippen molar-refractivity contribution in [3.8, 4) is 0 Å². The molecule has 0 saturated carbocycles. The number of nitrogens with two attached hydrogens (primary N) is 1. The molecule has 0 aromatic rings. The Balaban J connectivity index is 3.77. The molecule has 0 rings (SSSR count). The minimum absolute atomic E-state index is 0.198. The molecule has 0 aliphatic heterocycles. The molecule has 12 heavy (non-hydrogen) atoms. The van der Waals surface area contributed by atoms with E-state index in [0.29, 0.717) is 13.0 Å². The molecule has 0 unspecified atom stereocenters. The normalized spacial score (nSPS) is 15.6. The molecule has 0 heterocycles. The summed E-state index contributed by atoms with van der Waals surface area (Å²) in [6.07, 6.45) is 0.583. The van der Waals surface area contributed by atoms with Crippen molar-refractivity contribution in [1.29, 1.82) is 0 Å². The van der Waals surface area contributed by atoms with Crippen LogP contribution in [0.1, 0.15) is 13.3 Å². The lowest BCUT2D eigenvalue weighted by Crippen LogP contribution is -2.26. The molecule has 2 atom stereocenters. The Hall–Kier alpha value is -0.610. The van der Waals surface area contributed by atoms with Crippen molar-refractivity contribution < 1.29 is 14.6 Å². The van der Waals surface area contributed by atoms with E-state index < -0.39 is 11.9 Å². The van der Waals surface area contributed by atoms with E-state index in [1.165, 1.54) is 0 Å². The summed E-state index contributed by atoms with van der Waals surface area (Å²) in [7, 11) is 1.61. The Morgan fingerprint density at radius 3 is 2.58 bits per heavy atom. The highest BCUT2D eigenvalue weighted by molar-refractivity contribution is 5.70. The van der Waals surface area contributed by atoms with E-state index >= 15 is 0 Å². The number of hydrogen-bond acceptors (Lipinski definition) is 3. The fourth-order valence-corrected chi connectivity index (χ4v) is 1.14. The minimum atomic E-state index is -0.819. The highest BCUT2D eigenvalue weighted by Crippen LogP contribution is 2.11. The van der Waals surface area contributed by atoms with Gasteiger partial charge >= 0.3 is 5.97 Å². The molecule has 0 saturated heterocycles. The number of rotatable bonds is 6. The van der Waals surface area contributed by atoms with Gasteiger partial charge < -0.3 is 15.6 Å². The summed E-state index contributed by atoms with van der Waals surface area (Å²) in [6.45, 7) is 2.74. The van der Waals surface area contributed by atoms with Crippen LogP contribution >= 0.6 is 0 Å². The molecule has 0 radical (unpaired) electrons. The molecule has 0 aliphatic rings. The largest absolute Gasteiger partial charge is 0.481 e. The molecule has 0 aromatic carbocycles. The summed E-state index contributed by atoms with van der Waals surface area (Å²) in [6, 6.07) is 0. The Labute approximate surface area is 72.7 Å². The van der Waals surface area contributed by atoms with Crippen molar-refractivity contribution in [2.75, 3.05) is 20.3 Å². The first-order chi connectivity index (χ1) is 5.61. The van der Waals surface area contributed by atoms with E-state index in [-0.39, 0.29) is 12.5 Å². The van der Waals surface area contributed by atoms with Gasteiger partial charge in [0.2, 0.25) is 0 Å². The number of carboxylic acids is 1. The SMILES string of the molecule is COC[C@H](C)C[C@@H](CN)C(=O)O. The van der Waals surface area contributed by atoms with Gasteiger partial charge in [-0.3, -0.25) is 4.79 Å². The Bertz CT molecular complexity index is 138. The van der Waals surface area contributed by atoms with Crippen LogP contribution in [0, 0.1) is 11.8 Å². The van der Waals surface area contributed by atoms with E-state index in [1.54, 1.807) is 7.11 Å². The van der Waals surface area contributed by atoms with E-state index in [2.05, 4.69) is 0 Å². The fraction of sp³-hybridized carbons (Fsp3) is 0.875. The first-order valence-corrected chi connectivity index (χ1v) is 4.03. The van der Waals surface area contributed by atoms with Crippen LogP contribution in [0.15, 0.2) is 0 Å². The highest BCUT2D eigenvalue weighted by atomic mass is 16.5. The van der Waals surface area contributed by atoms with Crippen LogP contribution in [-0.4, -0.2) is 31.3 Å². The summed E-state index contributed by atoms with van der Waals surface area (Å²) in [5.41, 5.74) is 5.30. The number of hydrogen-bond donors (Lipinski definition) is 2. The third-order valence-corrected chi connectivity index (χ3v) is 1.77. The van der Waals surface area contributed by atoms with E-state index in [9.17, 15) is 4.79 Å². The van der Waals surface area contributed by atoms with Crippen molar-refractivity contribution >= 4 is 5.97 Å². The van der Waals surface area contributed by atoms with E-state index in [4.69, 9.17) is 15.6 Å². The monoisotopic (exact) mass is 175 g/mol. The average molecular weight is 175 g/mol. The van der Waals surface area contributed by atoms with Gasteiger partial charge in [0.15, 0.2) is 0 Å². The van der Waals surface area contributed by atoms with Gasteiger partial charge in [0, 0.05) is 20.3 Å². The van der Waals surface area contributed by atoms with Crippen molar-refractivity contribution in [2.24, 2.45) is 17.6 Å². The topological polar surface area (TPSA) is 72.5 Å². The quantitative estimate of drug-likeness (QED) is 0.609. The zero-order chi connectivity index (χ0) is 9.56. The summed E-state index contributed by atoms with van der Waals surface area (Å²) < 4.78 is 4.89. The highest BCUT2D eigenvalue weighted by Gasteiger charge is 2.18. The second-order valence-corrected chi connectivity index (χ2v) is 3.07. The van der Waals surface area contributed by atoms with Gasteiger partial charge in [-0.15, -0.1) is 0 Å². The molecule has 3 N–H and O–H groups in total. The maximum absolute atomic E-state index is 10.5. The van der Waals surface area contributed by atoms with Crippen molar-refractivity contribution in [2.45, 2.75) is 13.3 Å². The Morgan fingerprint density at radius 2 is 2.25 bits per heavy atom. The predicted molar refractivity (Wildman–Crippen MR) is 45.8 cm³/mol. The van der Waals surface area contributed by atoms with Crippen molar-refractivity contribution in [3.05, 3.63) is 0 Å². The summed E-state index contributed by atoms with van der Waals surface area (Å²) in [4.78, 5) is 10.5. The number of ether oxygens (including phenoxy) is 1. The molecular weight excluding hydrogens is 158 g/mol. The Kier molecular flexibility index (Phi) is 5.66. The van der Waals surface area contributed by atoms with Gasteiger partial charge in [-0.05, 0) is 12.3 Å². The van der Waals surface area contributed by atoms with Crippen LogP contribution in [0.5, 0.6) is 0 Å². The van der Waals surface area contributed by atoms with Crippen LogP contribution in [0.3, 0.4) is 0 Å². The lowest BCUT2D eigenvalue weighted by atomic mass is 9.97. The molecule has 0 bridgehead atoms. The zero-order valence-corrected chi connectivity index (χ0v) is 7.62. The molecule has 72 valence electrons. The molecule has 0 amide bonds. The molecule has 0 fully saturated rings. The van der Waals surface area contributed by atoms with Crippen LogP contribution in [-0.2, 0) is 9.53 Å². The van der Waals surface area contributed by atoms with Crippen molar-refractivity contribution in [3.63, 3.8) is 0 Å². The third kappa shape index (κ3) is 4.31. The molecule has 4 heteroatoms. The van der Waals surface area contributed by atoms with Gasteiger partial charge in [0.1, 0.15) is 0 Å². The number of carbonyl (C=O) groups is 1.